The number of ether oxygens (including phenoxy) is 1. The lowest BCUT2D eigenvalue weighted by Crippen LogP contribution is -2.45. The lowest BCUT2D eigenvalue weighted by Gasteiger charge is -2.34. The Hall–Kier alpha value is -2.38. The zero-order chi connectivity index (χ0) is 20.3. The highest BCUT2D eigenvalue weighted by molar-refractivity contribution is 5.86. The van der Waals surface area contributed by atoms with E-state index in [-0.39, 0.29) is 18.1 Å². The number of carbonyl (C=O) groups is 1. The second-order valence-electron chi connectivity index (χ2n) is 7.27. The fourth-order valence-electron chi connectivity index (χ4n) is 3.73. The molecule has 1 aliphatic heterocycles. The number of carbonyl (C=O) groups excluding carboxylic acids is 1. The molecule has 1 N–H and O–H groups in total. The van der Waals surface area contributed by atoms with Gasteiger partial charge in [-0.1, -0.05) is 6.92 Å². The van der Waals surface area contributed by atoms with Gasteiger partial charge in [0, 0.05) is 50.6 Å². The first-order valence-corrected chi connectivity index (χ1v) is 9.72. The molecule has 0 bridgehead atoms. The smallest absolute Gasteiger partial charge is 0.336 e. The van der Waals surface area contributed by atoms with Crippen molar-refractivity contribution in [2.24, 2.45) is 0 Å². The molecule has 152 valence electrons. The minimum atomic E-state index is -0.427. The monoisotopic (exact) mass is 388 g/mol. The summed E-state index contributed by atoms with van der Waals surface area (Å²) in [4.78, 5) is 28.1. The van der Waals surface area contributed by atoms with Gasteiger partial charge in [0.25, 0.3) is 0 Å². The van der Waals surface area contributed by atoms with Crippen molar-refractivity contribution in [3.8, 4) is 5.75 Å². The lowest BCUT2D eigenvalue weighted by atomic mass is 9.98. The van der Waals surface area contributed by atoms with E-state index in [0.717, 1.165) is 43.7 Å². The molecule has 0 spiro atoms. The minimum absolute atomic E-state index is 0.100. The predicted molar refractivity (Wildman–Crippen MR) is 107 cm³/mol. The molecule has 7 heteroatoms. The van der Waals surface area contributed by atoms with Crippen LogP contribution in [0.4, 0.5) is 0 Å². The third kappa shape index (κ3) is 4.36. The number of phenolic OH excluding ortho intramolecular Hbond substituents is 1. The number of esters is 1. The highest BCUT2D eigenvalue weighted by atomic mass is 16.5. The van der Waals surface area contributed by atoms with Crippen LogP contribution in [0.3, 0.4) is 0 Å². The molecule has 0 radical (unpaired) electrons. The summed E-state index contributed by atoms with van der Waals surface area (Å²) in [6, 6.07) is 3.26. The van der Waals surface area contributed by atoms with Crippen molar-refractivity contribution in [2.45, 2.75) is 33.2 Å². The van der Waals surface area contributed by atoms with Gasteiger partial charge in [0.15, 0.2) is 0 Å². The van der Waals surface area contributed by atoms with Gasteiger partial charge in [-0.3, -0.25) is 9.69 Å². The summed E-state index contributed by atoms with van der Waals surface area (Å²) in [6.07, 6.45) is 0.545. The second kappa shape index (κ2) is 8.75. The maximum atomic E-state index is 12.0. The number of methoxy groups -OCH3 is 1. The summed E-state index contributed by atoms with van der Waals surface area (Å²) >= 11 is 0. The quantitative estimate of drug-likeness (QED) is 0.599. The van der Waals surface area contributed by atoms with Crippen molar-refractivity contribution in [1.82, 2.24) is 9.80 Å². The number of aromatic hydroxyl groups is 1. The van der Waals surface area contributed by atoms with E-state index in [1.807, 2.05) is 13.0 Å². The van der Waals surface area contributed by atoms with Gasteiger partial charge in [0.1, 0.15) is 11.3 Å². The van der Waals surface area contributed by atoms with Crippen molar-refractivity contribution in [3.05, 3.63) is 39.2 Å². The van der Waals surface area contributed by atoms with Crippen LogP contribution in [0.5, 0.6) is 5.75 Å². The van der Waals surface area contributed by atoms with Crippen LogP contribution in [0.25, 0.3) is 11.0 Å². The van der Waals surface area contributed by atoms with E-state index in [0.29, 0.717) is 29.7 Å². The Morgan fingerprint density at radius 1 is 1.21 bits per heavy atom. The standard InChI is InChI=1S/C21H28N2O5/c1-4-22-7-9-23(10-8-22)13-17-20(26)15(5-6-18(24)27-3)12-16-14(2)11-19(25)28-21(16)17/h11-12,26H,4-10,13H2,1-3H3. The highest BCUT2D eigenvalue weighted by Crippen LogP contribution is 2.34. The molecular formula is C21H28N2O5. The van der Waals surface area contributed by atoms with Crippen LogP contribution in [0.1, 0.15) is 30.0 Å². The number of fused-ring (bicyclic) bond motifs is 1. The lowest BCUT2D eigenvalue weighted by molar-refractivity contribution is -0.140. The zero-order valence-corrected chi connectivity index (χ0v) is 16.8. The number of rotatable bonds is 6. The normalized spacial score (nSPS) is 15.8. The van der Waals surface area contributed by atoms with Crippen molar-refractivity contribution in [1.29, 1.82) is 0 Å². The Morgan fingerprint density at radius 2 is 1.89 bits per heavy atom. The van der Waals surface area contributed by atoms with E-state index < -0.39 is 5.63 Å². The third-order valence-corrected chi connectivity index (χ3v) is 5.51. The molecule has 7 nitrogen and oxygen atoms in total. The molecule has 2 heterocycles. The van der Waals surface area contributed by atoms with Crippen LogP contribution in [0, 0.1) is 6.92 Å². The molecule has 28 heavy (non-hydrogen) atoms. The summed E-state index contributed by atoms with van der Waals surface area (Å²) in [5.74, 6) is -0.226. The first-order valence-electron chi connectivity index (χ1n) is 9.72. The fraction of sp³-hybridized carbons (Fsp3) is 0.524. The maximum absolute atomic E-state index is 12.0. The molecule has 1 aromatic heterocycles. The number of aryl methyl sites for hydroxylation is 2. The molecule has 3 rings (SSSR count). The Balaban J connectivity index is 1.99. The number of hydrogen-bond donors (Lipinski definition) is 1. The zero-order valence-electron chi connectivity index (χ0n) is 16.8. The van der Waals surface area contributed by atoms with Gasteiger partial charge in [-0.15, -0.1) is 0 Å². The third-order valence-electron chi connectivity index (χ3n) is 5.51. The largest absolute Gasteiger partial charge is 0.507 e. The molecule has 1 aliphatic rings. The highest BCUT2D eigenvalue weighted by Gasteiger charge is 2.22. The average Bonchev–Trinajstić information content (AvgIpc) is 2.69. The summed E-state index contributed by atoms with van der Waals surface area (Å²) in [7, 11) is 1.35. The molecule has 0 amide bonds. The topological polar surface area (TPSA) is 83.2 Å². The van der Waals surface area contributed by atoms with Gasteiger partial charge >= 0.3 is 11.6 Å². The Labute approximate surface area is 164 Å². The molecule has 2 aromatic rings. The van der Waals surface area contributed by atoms with Crippen LogP contribution in [0.15, 0.2) is 21.3 Å². The Bertz CT molecular complexity index is 913. The molecule has 1 aromatic carbocycles. The molecule has 0 aliphatic carbocycles. The van der Waals surface area contributed by atoms with Gasteiger partial charge in [-0.25, -0.2) is 4.79 Å². The minimum Gasteiger partial charge on any atom is -0.507 e. The molecule has 0 saturated carbocycles. The van der Waals surface area contributed by atoms with Crippen molar-refractivity contribution in [2.75, 3.05) is 39.8 Å². The molecule has 1 fully saturated rings. The number of likely N-dealkylation sites (N-methyl/N-ethyl adjacent to an activating group) is 1. The van der Waals surface area contributed by atoms with E-state index in [1.54, 1.807) is 0 Å². The van der Waals surface area contributed by atoms with Crippen molar-refractivity contribution >= 4 is 16.9 Å². The van der Waals surface area contributed by atoms with Gasteiger partial charge in [-0.2, -0.15) is 0 Å². The van der Waals surface area contributed by atoms with Crippen LogP contribution in [0.2, 0.25) is 0 Å². The van der Waals surface area contributed by atoms with Crippen LogP contribution < -0.4 is 5.63 Å². The van der Waals surface area contributed by atoms with E-state index >= 15 is 0 Å². The number of benzene rings is 1. The summed E-state index contributed by atoms with van der Waals surface area (Å²) in [5, 5.41) is 11.7. The molecule has 0 atom stereocenters. The van der Waals surface area contributed by atoms with Crippen LogP contribution in [-0.4, -0.2) is 60.7 Å². The van der Waals surface area contributed by atoms with Crippen molar-refractivity contribution < 1.29 is 19.1 Å². The maximum Gasteiger partial charge on any atom is 0.336 e. The fourth-order valence-corrected chi connectivity index (χ4v) is 3.73. The number of piperazine rings is 1. The summed E-state index contributed by atoms with van der Waals surface area (Å²) in [5.41, 5.74) is 2.08. The van der Waals surface area contributed by atoms with Gasteiger partial charge in [0.2, 0.25) is 0 Å². The van der Waals surface area contributed by atoms with Crippen LogP contribution in [-0.2, 0) is 22.5 Å². The average molecular weight is 388 g/mol. The van der Waals surface area contributed by atoms with E-state index in [1.165, 1.54) is 13.2 Å². The molecule has 1 saturated heterocycles. The predicted octanol–water partition coefficient (Wildman–Crippen LogP) is 2.05. The van der Waals surface area contributed by atoms with E-state index in [9.17, 15) is 14.7 Å². The first-order chi connectivity index (χ1) is 13.4. The Morgan fingerprint density at radius 3 is 2.54 bits per heavy atom. The summed E-state index contributed by atoms with van der Waals surface area (Å²) in [6.45, 7) is 9.24. The van der Waals surface area contributed by atoms with Crippen LogP contribution >= 0.6 is 0 Å². The second-order valence-corrected chi connectivity index (χ2v) is 7.27. The molecular weight excluding hydrogens is 360 g/mol. The number of phenols is 1. The Kier molecular flexibility index (Phi) is 6.36. The number of nitrogens with zero attached hydrogens (tertiary/aromatic N) is 2. The van der Waals surface area contributed by atoms with Gasteiger partial charge < -0.3 is 19.2 Å². The van der Waals surface area contributed by atoms with Gasteiger partial charge in [0.05, 0.1) is 12.7 Å². The van der Waals surface area contributed by atoms with Crippen molar-refractivity contribution in [3.63, 3.8) is 0 Å². The SMILES string of the molecule is CCN1CCN(Cc2c(O)c(CCC(=O)OC)cc3c(C)cc(=O)oc23)CC1. The summed E-state index contributed by atoms with van der Waals surface area (Å²) < 4.78 is 10.2. The molecule has 0 unspecified atom stereocenters. The van der Waals surface area contributed by atoms with E-state index in [4.69, 9.17) is 9.15 Å². The first kappa shape index (κ1) is 20.4. The number of hydrogen-bond acceptors (Lipinski definition) is 7. The van der Waals surface area contributed by atoms with E-state index in [2.05, 4.69) is 16.7 Å². The van der Waals surface area contributed by atoms with Gasteiger partial charge in [-0.05, 0) is 37.1 Å².